The van der Waals surface area contributed by atoms with Gasteiger partial charge in [-0.25, -0.2) is 0 Å². The van der Waals surface area contributed by atoms with Gasteiger partial charge in [0.05, 0.1) is 12.4 Å². The van der Waals surface area contributed by atoms with E-state index in [0.29, 0.717) is 13.2 Å². The molecule has 1 fully saturated rings. The summed E-state index contributed by atoms with van der Waals surface area (Å²) in [5, 5.41) is 6.65. The molecule has 2 aromatic rings. The fourth-order valence-electron chi connectivity index (χ4n) is 3.06. The SMILES string of the molecule is CN=C(NCCc1ccco1)NCc1ccc(C)cc1OCC1CCCO1.I. The number of guanidine groups is 1. The minimum atomic E-state index is 0. The van der Waals surface area contributed by atoms with Crippen LogP contribution in [0.1, 0.15) is 29.7 Å². The lowest BCUT2D eigenvalue weighted by Crippen LogP contribution is -2.37. The maximum atomic E-state index is 6.06. The van der Waals surface area contributed by atoms with Crippen molar-refractivity contribution in [1.29, 1.82) is 0 Å². The summed E-state index contributed by atoms with van der Waals surface area (Å²) in [5.74, 6) is 2.62. The van der Waals surface area contributed by atoms with Gasteiger partial charge in [0.25, 0.3) is 0 Å². The Morgan fingerprint density at radius 2 is 2.18 bits per heavy atom. The molecule has 0 radical (unpaired) electrons. The monoisotopic (exact) mass is 499 g/mol. The molecule has 28 heavy (non-hydrogen) atoms. The van der Waals surface area contributed by atoms with Crippen LogP contribution in [0.25, 0.3) is 0 Å². The van der Waals surface area contributed by atoms with Crippen LogP contribution in [-0.2, 0) is 17.7 Å². The average Bonchev–Trinajstić information content (AvgIpc) is 3.37. The second kappa shape index (κ2) is 12.0. The maximum Gasteiger partial charge on any atom is 0.191 e. The molecule has 2 N–H and O–H groups in total. The third-order valence-corrected chi connectivity index (χ3v) is 4.59. The first kappa shape index (κ1) is 22.5. The van der Waals surface area contributed by atoms with Crippen LogP contribution in [-0.4, -0.2) is 38.9 Å². The van der Waals surface area contributed by atoms with Crippen LogP contribution in [0.2, 0.25) is 0 Å². The zero-order valence-electron chi connectivity index (χ0n) is 16.6. The van der Waals surface area contributed by atoms with Gasteiger partial charge in [-0.3, -0.25) is 4.99 Å². The quantitative estimate of drug-likeness (QED) is 0.330. The molecule has 1 aromatic carbocycles. The maximum absolute atomic E-state index is 6.06. The lowest BCUT2D eigenvalue weighted by molar-refractivity contribution is 0.0676. The third-order valence-electron chi connectivity index (χ3n) is 4.59. The average molecular weight is 499 g/mol. The summed E-state index contributed by atoms with van der Waals surface area (Å²) in [6.07, 6.45) is 4.91. The van der Waals surface area contributed by atoms with Crippen LogP contribution in [0.15, 0.2) is 46.0 Å². The highest BCUT2D eigenvalue weighted by atomic mass is 127. The Balaban J connectivity index is 0.00000280. The Hall–Kier alpha value is -1.74. The van der Waals surface area contributed by atoms with Gasteiger partial charge in [-0.2, -0.15) is 0 Å². The molecule has 7 heteroatoms. The van der Waals surface area contributed by atoms with Gasteiger partial charge in [-0.1, -0.05) is 12.1 Å². The Morgan fingerprint density at radius 3 is 2.89 bits per heavy atom. The van der Waals surface area contributed by atoms with Crippen molar-refractivity contribution in [2.24, 2.45) is 4.99 Å². The number of hydrogen-bond donors (Lipinski definition) is 2. The highest BCUT2D eigenvalue weighted by molar-refractivity contribution is 14.0. The number of furan rings is 1. The first-order valence-electron chi connectivity index (χ1n) is 9.55. The van der Waals surface area contributed by atoms with Gasteiger partial charge in [0.15, 0.2) is 5.96 Å². The van der Waals surface area contributed by atoms with Crippen molar-refractivity contribution in [3.8, 4) is 5.75 Å². The Labute approximate surface area is 184 Å². The van der Waals surface area contributed by atoms with Gasteiger partial charge < -0.3 is 24.5 Å². The summed E-state index contributed by atoms with van der Waals surface area (Å²) in [4.78, 5) is 4.28. The summed E-state index contributed by atoms with van der Waals surface area (Å²) >= 11 is 0. The van der Waals surface area contributed by atoms with Crippen molar-refractivity contribution in [1.82, 2.24) is 10.6 Å². The number of hydrogen-bond acceptors (Lipinski definition) is 4. The molecule has 1 aliphatic rings. The lowest BCUT2D eigenvalue weighted by atomic mass is 10.1. The van der Waals surface area contributed by atoms with Crippen molar-refractivity contribution in [3.05, 3.63) is 53.5 Å². The van der Waals surface area contributed by atoms with E-state index < -0.39 is 0 Å². The molecule has 0 bridgehead atoms. The van der Waals surface area contributed by atoms with Crippen LogP contribution >= 0.6 is 24.0 Å². The summed E-state index contributed by atoms with van der Waals surface area (Å²) in [5.41, 5.74) is 2.29. The first-order chi connectivity index (χ1) is 13.2. The van der Waals surface area contributed by atoms with Gasteiger partial charge in [-0.05, 0) is 43.5 Å². The largest absolute Gasteiger partial charge is 0.491 e. The van der Waals surface area contributed by atoms with E-state index in [9.17, 15) is 0 Å². The Kier molecular flexibility index (Phi) is 9.63. The third kappa shape index (κ3) is 7.01. The van der Waals surface area contributed by atoms with E-state index in [1.807, 2.05) is 12.1 Å². The molecular formula is C21H30IN3O3. The minimum absolute atomic E-state index is 0. The summed E-state index contributed by atoms with van der Waals surface area (Å²) in [6, 6.07) is 10.2. The summed E-state index contributed by atoms with van der Waals surface area (Å²) in [7, 11) is 1.77. The minimum Gasteiger partial charge on any atom is -0.491 e. The van der Waals surface area contributed by atoms with Crippen LogP contribution in [0, 0.1) is 6.92 Å². The van der Waals surface area contributed by atoms with Crippen LogP contribution < -0.4 is 15.4 Å². The number of rotatable bonds is 8. The van der Waals surface area contributed by atoms with E-state index >= 15 is 0 Å². The smallest absolute Gasteiger partial charge is 0.191 e. The van der Waals surface area contributed by atoms with E-state index in [1.54, 1.807) is 13.3 Å². The number of ether oxygens (including phenoxy) is 2. The van der Waals surface area contributed by atoms with Gasteiger partial charge in [0, 0.05) is 38.7 Å². The van der Waals surface area contributed by atoms with Crippen molar-refractivity contribution >= 4 is 29.9 Å². The zero-order chi connectivity index (χ0) is 18.9. The number of nitrogens with one attached hydrogen (secondary N) is 2. The zero-order valence-corrected chi connectivity index (χ0v) is 18.9. The molecule has 1 saturated heterocycles. The van der Waals surface area contributed by atoms with E-state index in [1.165, 1.54) is 5.56 Å². The molecule has 1 aromatic heterocycles. The second-order valence-electron chi connectivity index (χ2n) is 6.74. The molecular weight excluding hydrogens is 469 g/mol. The van der Waals surface area contributed by atoms with E-state index in [2.05, 4.69) is 40.7 Å². The predicted molar refractivity (Wildman–Crippen MR) is 122 cm³/mol. The van der Waals surface area contributed by atoms with Gasteiger partial charge in [0.2, 0.25) is 0 Å². The molecule has 1 aliphatic heterocycles. The van der Waals surface area contributed by atoms with Crippen molar-refractivity contribution in [2.75, 3.05) is 26.8 Å². The number of benzene rings is 1. The van der Waals surface area contributed by atoms with Gasteiger partial charge in [-0.15, -0.1) is 24.0 Å². The van der Waals surface area contributed by atoms with E-state index in [0.717, 1.165) is 55.4 Å². The number of aryl methyl sites for hydroxylation is 1. The molecule has 3 rings (SSSR count). The molecule has 2 heterocycles. The Morgan fingerprint density at radius 1 is 1.29 bits per heavy atom. The van der Waals surface area contributed by atoms with Crippen molar-refractivity contribution < 1.29 is 13.9 Å². The van der Waals surface area contributed by atoms with Crippen LogP contribution in [0.5, 0.6) is 5.75 Å². The van der Waals surface area contributed by atoms with E-state index in [4.69, 9.17) is 13.9 Å². The number of nitrogens with zero attached hydrogens (tertiary/aromatic N) is 1. The number of halogens is 1. The fraction of sp³-hybridized carbons (Fsp3) is 0.476. The second-order valence-corrected chi connectivity index (χ2v) is 6.74. The van der Waals surface area contributed by atoms with Crippen molar-refractivity contribution in [3.63, 3.8) is 0 Å². The predicted octanol–water partition coefficient (Wildman–Crippen LogP) is 3.67. The molecule has 154 valence electrons. The molecule has 1 atom stereocenters. The van der Waals surface area contributed by atoms with Gasteiger partial charge in [0.1, 0.15) is 18.1 Å². The lowest BCUT2D eigenvalue weighted by Gasteiger charge is -2.17. The fourth-order valence-corrected chi connectivity index (χ4v) is 3.06. The van der Waals surface area contributed by atoms with E-state index in [-0.39, 0.29) is 30.1 Å². The van der Waals surface area contributed by atoms with Crippen LogP contribution in [0.3, 0.4) is 0 Å². The molecule has 0 saturated carbocycles. The van der Waals surface area contributed by atoms with Crippen molar-refractivity contribution in [2.45, 2.75) is 38.8 Å². The Bertz CT molecular complexity index is 729. The summed E-state index contributed by atoms with van der Waals surface area (Å²) < 4.78 is 17.1. The first-order valence-corrected chi connectivity index (χ1v) is 9.55. The normalized spacial score (nSPS) is 16.5. The molecule has 0 spiro atoms. The summed E-state index contributed by atoms with van der Waals surface area (Å²) in [6.45, 7) is 4.92. The molecule has 1 unspecified atom stereocenters. The molecule has 6 nitrogen and oxygen atoms in total. The topological polar surface area (TPSA) is 68.0 Å². The highest BCUT2D eigenvalue weighted by Crippen LogP contribution is 2.22. The molecule has 0 amide bonds. The van der Waals surface area contributed by atoms with Gasteiger partial charge >= 0.3 is 0 Å². The number of aliphatic imine (C=N–C) groups is 1. The highest BCUT2D eigenvalue weighted by Gasteiger charge is 2.17. The standard InChI is InChI=1S/C21H29N3O3.HI/c1-16-7-8-17(20(13-16)27-15-19-6-4-12-26-19)14-24-21(22-2)23-10-9-18-5-3-11-25-18;/h3,5,7-8,11,13,19H,4,6,9-10,12,14-15H2,1-2H3,(H2,22,23,24);1H. The molecule has 0 aliphatic carbocycles. The van der Waals surface area contributed by atoms with Crippen LogP contribution in [0.4, 0.5) is 0 Å².